The summed E-state index contributed by atoms with van der Waals surface area (Å²) in [5, 5.41) is 1.16. The van der Waals surface area contributed by atoms with E-state index in [0.29, 0.717) is 16.5 Å². The molecule has 0 aliphatic rings. The Morgan fingerprint density at radius 1 is 1.16 bits per heavy atom. The van der Waals surface area contributed by atoms with Gasteiger partial charge in [-0.3, -0.25) is 11.3 Å². The molecule has 5 heteroatoms. The summed E-state index contributed by atoms with van der Waals surface area (Å²) in [6.07, 6.45) is 0.522. The second-order valence-electron chi connectivity index (χ2n) is 4.22. The SMILES string of the molecule is NNC(Cc1cccc(F)c1)c1cc(Cl)ccc1Cl. The Morgan fingerprint density at radius 3 is 2.63 bits per heavy atom. The van der Waals surface area contributed by atoms with Crippen LogP contribution in [0.25, 0.3) is 0 Å². The molecule has 1 atom stereocenters. The van der Waals surface area contributed by atoms with Crippen LogP contribution in [-0.4, -0.2) is 0 Å². The quantitative estimate of drug-likeness (QED) is 0.664. The summed E-state index contributed by atoms with van der Waals surface area (Å²) in [4.78, 5) is 0. The molecule has 0 aliphatic carbocycles. The Morgan fingerprint density at radius 2 is 1.95 bits per heavy atom. The summed E-state index contributed by atoms with van der Waals surface area (Å²) in [7, 11) is 0. The highest BCUT2D eigenvalue weighted by Crippen LogP contribution is 2.28. The molecule has 0 amide bonds. The molecule has 2 nitrogen and oxygen atoms in total. The maximum atomic E-state index is 13.2. The molecule has 2 aromatic carbocycles. The fraction of sp³-hybridized carbons (Fsp3) is 0.143. The minimum atomic E-state index is -0.273. The summed E-state index contributed by atoms with van der Waals surface area (Å²) < 4.78 is 13.2. The number of rotatable bonds is 4. The van der Waals surface area contributed by atoms with Crippen LogP contribution in [0, 0.1) is 5.82 Å². The van der Waals surface area contributed by atoms with Crippen LogP contribution >= 0.6 is 23.2 Å². The Labute approximate surface area is 121 Å². The van der Waals surface area contributed by atoms with Gasteiger partial charge in [-0.05, 0) is 47.9 Å². The van der Waals surface area contributed by atoms with E-state index in [1.807, 2.05) is 6.07 Å². The van der Waals surface area contributed by atoms with Gasteiger partial charge in [0.15, 0.2) is 0 Å². The van der Waals surface area contributed by atoms with Gasteiger partial charge in [0.2, 0.25) is 0 Å². The molecule has 0 saturated carbocycles. The molecule has 19 heavy (non-hydrogen) atoms. The van der Waals surface area contributed by atoms with Gasteiger partial charge in [0, 0.05) is 10.0 Å². The summed E-state index contributed by atoms with van der Waals surface area (Å²) in [6.45, 7) is 0. The van der Waals surface area contributed by atoms with Gasteiger partial charge in [0.25, 0.3) is 0 Å². The third-order valence-electron chi connectivity index (χ3n) is 2.86. The third-order valence-corrected chi connectivity index (χ3v) is 3.44. The first-order valence-electron chi connectivity index (χ1n) is 5.75. The van der Waals surface area contributed by atoms with E-state index in [4.69, 9.17) is 29.0 Å². The fourth-order valence-corrected chi connectivity index (χ4v) is 2.37. The molecule has 0 aromatic heterocycles. The molecular weight excluding hydrogens is 286 g/mol. The van der Waals surface area contributed by atoms with Gasteiger partial charge in [0.05, 0.1) is 6.04 Å². The lowest BCUT2D eigenvalue weighted by molar-refractivity contribution is 0.549. The number of hydrazine groups is 1. The number of hydrogen-bond acceptors (Lipinski definition) is 2. The van der Waals surface area contributed by atoms with Crippen LogP contribution in [0.2, 0.25) is 10.0 Å². The topological polar surface area (TPSA) is 38.0 Å². The van der Waals surface area contributed by atoms with E-state index in [1.165, 1.54) is 12.1 Å². The molecule has 0 bridgehead atoms. The maximum Gasteiger partial charge on any atom is 0.123 e. The lowest BCUT2D eigenvalue weighted by Gasteiger charge is -2.18. The van der Waals surface area contributed by atoms with Crippen LogP contribution in [0.3, 0.4) is 0 Å². The molecule has 1 unspecified atom stereocenters. The van der Waals surface area contributed by atoms with Crippen LogP contribution in [0.5, 0.6) is 0 Å². The Balaban J connectivity index is 2.27. The summed E-state index contributed by atoms with van der Waals surface area (Å²) in [5.74, 6) is 5.29. The molecule has 2 aromatic rings. The predicted octanol–water partition coefficient (Wildman–Crippen LogP) is 3.88. The predicted molar refractivity (Wildman–Crippen MR) is 76.6 cm³/mol. The normalized spacial score (nSPS) is 12.4. The molecule has 0 spiro atoms. The lowest BCUT2D eigenvalue weighted by Crippen LogP contribution is -2.29. The minimum absolute atomic E-state index is 0.229. The minimum Gasteiger partial charge on any atom is -0.271 e. The van der Waals surface area contributed by atoms with Gasteiger partial charge in [0.1, 0.15) is 5.82 Å². The molecular formula is C14H13Cl2FN2. The fourth-order valence-electron chi connectivity index (χ4n) is 1.94. The van der Waals surface area contributed by atoms with Crippen LogP contribution in [-0.2, 0) is 6.42 Å². The maximum absolute atomic E-state index is 13.2. The van der Waals surface area contributed by atoms with E-state index in [9.17, 15) is 4.39 Å². The lowest BCUT2D eigenvalue weighted by atomic mass is 9.99. The second kappa shape index (κ2) is 6.35. The van der Waals surface area contributed by atoms with Crippen molar-refractivity contribution in [2.45, 2.75) is 12.5 Å². The van der Waals surface area contributed by atoms with E-state index in [1.54, 1.807) is 24.3 Å². The Bertz CT molecular complexity index is 575. The molecule has 0 fully saturated rings. The first-order chi connectivity index (χ1) is 9.10. The number of benzene rings is 2. The summed E-state index contributed by atoms with van der Waals surface area (Å²) in [6, 6.07) is 11.3. The Kier molecular flexibility index (Phi) is 4.77. The van der Waals surface area contributed by atoms with E-state index in [2.05, 4.69) is 5.43 Å². The van der Waals surface area contributed by atoms with E-state index in [-0.39, 0.29) is 11.9 Å². The zero-order chi connectivity index (χ0) is 13.8. The van der Waals surface area contributed by atoms with Crippen molar-refractivity contribution in [1.29, 1.82) is 0 Å². The van der Waals surface area contributed by atoms with Crippen LogP contribution in [0.15, 0.2) is 42.5 Å². The largest absolute Gasteiger partial charge is 0.271 e. The highest BCUT2D eigenvalue weighted by atomic mass is 35.5. The highest BCUT2D eigenvalue weighted by Gasteiger charge is 2.14. The van der Waals surface area contributed by atoms with Crippen molar-refractivity contribution < 1.29 is 4.39 Å². The van der Waals surface area contributed by atoms with Crippen molar-refractivity contribution in [3.8, 4) is 0 Å². The van der Waals surface area contributed by atoms with Crippen molar-refractivity contribution in [3.05, 3.63) is 69.5 Å². The van der Waals surface area contributed by atoms with Crippen molar-refractivity contribution in [3.63, 3.8) is 0 Å². The smallest absolute Gasteiger partial charge is 0.123 e. The molecule has 0 aliphatic heterocycles. The molecule has 3 N–H and O–H groups in total. The average molecular weight is 299 g/mol. The van der Waals surface area contributed by atoms with Gasteiger partial charge < -0.3 is 0 Å². The zero-order valence-electron chi connectivity index (χ0n) is 10.0. The van der Waals surface area contributed by atoms with Crippen molar-refractivity contribution in [2.75, 3.05) is 0 Å². The second-order valence-corrected chi connectivity index (χ2v) is 5.06. The summed E-state index contributed by atoms with van der Waals surface area (Å²) >= 11 is 12.1. The Hall–Kier alpha value is -1.13. The van der Waals surface area contributed by atoms with Crippen molar-refractivity contribution in [1.82, 2.24) is 5.43 Å². The van der Waals surface area contributed by atoms with Gasteiger partial charge in [-0.1, -0.05) is 35.3 Å². The van der Waals surface area contributed by atoms with Crippen LogP contribution in [0.4, 0.5) is 4.39 Å². The molecule has 0 radical (unpaired) electrons. The van der Waals surface area contributed by atoms with E-state index in [0.717, 1.165) is 11.1 Å². The van der Waals surface area contributed by atoms with Crippen molar-refractivity contribution >= 4 is 23.2 Å². The monoisotopic (exact) mass is 298 g/mol. The zero-order valence-corrected chi connectivity index (χ0v) is 11.5. The van der Waals surface area contributed by atoms with Crippen LogP contribution in [0.1, 0.15) is 17.2 Å². The molecule has 100 valence electrons. The number of hydrogen-bond donors (Lipinski definition) is 2. The van der Waals surface area contributed by atoms with Gasteiger partial charge in [-0.25, -0.2) is 4.39 Å². The molecule has 0 saturated heterocycles. The average Bonchev–Trinajstić information content (AvgIpc) is 2.39. The molecule has 0 heterocycles. The first kappa shape index (κ1) is 14.3. The van der Waals surface area contributed by atoms with Gasteiger partial charge in [-0.2, -0.15) is 0 Å². The van der Waals surface area contributed by atoms with E-state index >= 15 is 0 Å². The van der Waals surface area contributed by atoms with E-state index < -0.39 is 0 Å². The highest BCUT2D eigenvalue weighted by molar-refractivity contribution is 6.33. The first-order valence-corrected chi connectivity index (χ1v) is 6.51. The van der Waals surface area contributed by atoms with Gasteiger partial charge in [-0.15, -0.1) is 0 Å². The third kappa shape index (κ3) is 3.67. The number of nitrogens with one attached hydrogen (secondary N) is 1. The number of nitrogens with two attached hydrogens (primary N) is 1. The van der Waals surface area contributed by atoms with Crippen LogP contribution < -0.4 is 11.3 Å². The summed E-state index contributed by atoms with van der Waals surface area (Å²) in [5.41, 5.74) is 4.31. The van der Waals surface area contributed by atoms with Gasteiger partial charge >= 0.3 is 0 Å². The van der Waals surface area contributed by atoms with Crippen molar-refractivity contribution in [2.24, 2.45) is 5.84 Å². The molecule has 2 rings (SSSR count). The standard InChI is InChI=1S/C14H13Cl2FN2/c15-10-4-5-13(16)12(8-10)14(19-18)7-9-2-1-3-11(17)6-9/h1-6,8,14,19H,7,18H2. The number of halogens is 3.